The number of nitrogens with zero attached hydrogens (tertiary/aromatic N) is 1. The van der Waals surface area contributed by atoms with Crippen molar-refractivity contribution in [3.8, 4) is 0 Å². The highest BCUT2D eigenvalue weighted by atomic mass is 35.5. The van der Waals surface area contributed by atoms with Gasteiger partial charge >= 0.3 is 0 Å². The molecule has 4 heteroatoms. The van der Waals surface area contributed by atoms with Gasteiger partial charge in [0, 0.05) is 12.6 Å². The number of hydrogen-bond donors (Lipinski definition) is 1. The lowest BCUT2D eigenvalue weighted by molar-refractivity contribution is 0.383. The van der Waals surface area contributed by atoms with Crippen molar-refractivity contribution in [1.82, 2.24) is 4.90 Å². The van der Waals surface area contributed by atoms with Crippen molar-refractivity contribution in [2.45, 2.75) is 13.0 Å². The molecule has 0 aliphatic carbocycles. The zero-order valence-electron chi connectivity index (χ0n) is 6.13. The minimum absolute atomic E-state index is 0. The Kier molecular flexibility index (Phi) is 15.3. The Bertz CT molecular complexity index is 42.2. The predicted octanol–water partition coefficient (Wildman–Crippen LogP) is 0.739. The molecule has 0 fully saturated rings. The Morgan fingerprint density at radius 2 is 1.67 bits per heavy atom. The van der Waals surface area contributed by atoms with Gasteiger partial charge in [-0.15, -0.1) is 24.8 Å². The monoisotopic (exact) mass is 174 g/mol. The second-order valence-electron chi connectivity index (χ2n) is 2.24. The summed E-state index contributed by atoms with van der Waals surface area (Å²) in [5.41, 5.74) is 5.45. The maximum Gasteiger partial charge on any atom is 0.0138 e. The molecule has 0 aliphatic heterocycles. The minimum atomic E-state index is 0. The minimum Gasteiger partial charge on any atom is -0.327 e. The first-order valence-electron chi connectivity index (χ1n) is 2.53. The van der Waals surface area contributed by atoms with Crippen molar-refractivity contribution in [3.63, 3.8) is 0 Å². The fourth-order valence-corrected chi connectivity index (χ4v) is 0.576. The van der Waals surface area contributed by atoms with Crippen LogP contribution in [0.5, 0.6) is 0 Å². The quantitative estimate of drug-likeness (QED) is 0.670. The molecule has 0 aromatic rings. The molecule has 0 amide bonds. The van der Waals surface area contributed by atoms with Crippen LogP contribution >= 0.6 is 24.8 Å². The van der Waals surface area contributed by atoms with Crippen LogP contribution < -0.4 is 5.73 Å². The second-order valence-corrected chi connectivity index (χ2v) is 2.24. The summed E-state index contributed by atoms with van der Waals surface area (Å²) in [5.74, 6) is 0. The van der Waals surface area contributed by atoms with E-state index >= 15 is 0 Å². The van der Waals surface area contributed by atoms with E-state index in [0.29, 0.717) is 6.04 Å². The van der Waals surface area contributed by atoms with E-state index in [0.717, 1.165) is 6.54 Å². The molecule has 0 aliphatic rings. The van der Waals surface area contributed by atoms with Crippen LogP contribution in [0.1, 0.15) is 6.92 Å². The fourth-order valence-electron chi connectivity index (χ4n) is 0.576. The molecule has 0 bridgehead atoms. The first kappa shape index (κ1) is 16.2. The van der Waals surface area contributed by atoms with Crippen LogP contribution in [-0.2, 0) is 0 Å². The van der Waals surface area contributed by atoms with Crippen LogP contribution in [0.25, 0.3) is 0 Å². The maximum atomic E-state index is 5.45. The Morgan fingerprint density at radius 1 is 1.33 bits per heavy atom. The predicted molar refractivity (Wildman–Crippen MR) is 46.7 cm³/mol. The van der Waals surface area contributed by atoms with Crippen molar-refractivity contribution in [2.75, 3.05) is 20.6 Å². The van der Waals surface area contributed by atoms with Gasteiger partial charge in [-0.05, 0) is 21.0 Å². The molecule has 0 saturated heterocycles. The Balaban J connectivity index is -0.000000180. The lowest BCUT2D eigenvalue weighted by Gasteiger charge is -2.11. The number of rotatable bonds is 2. The van der Waals surface area contributed by atoms with Gasteiger partial charge in [0.25, 0.3) is 0 Å². The standard InChI is InChI=1S/C5H14N2.2ClH/c1-5(6)4-7(2)3;;/h5H,4,6H2,1-3H3;2*1H/t5-;;/m1../s1. The SMILES string of the molecule is C[C@@H](N)CN(C)C.Cl.Cl. The molecule has 0 radical (unpaired) electrons. The number of hydrogen-bond acceptors (Lipinski definition) is 2. The van der Waals surface area contributed by atoms with E-state index in [-0.39, 0.29) is 24.8 Å². The van der Waals surface area contributed by atoms with Gasteiger partial charge in [0.05, 0.1) is 0 Å². The first-order valence-corrected chi connectivity index (χ1v) is 2.53. The summed E-state index contributed by atoms with van der Waals surface area (Å²) in [7, 11) is 4.03. The second kappa shape index (κ2) is 8.50. The van der Waals surface area contributed by atoms with Crippen molar-refractivity contribution < 1.29 is 0 Å². The zero-order valence-corrected chi connectivity index (χ0v) is 7.76. The lowest BCUT2D eigenvalue weighted by Crippen LogP contribution is -2.29. The molecule has 0 heterocycles. The molecule has 0 aromatic carbocycles. The van der Waals surface area contributed by atoms with Crippen LogP contribution in [0.3, 0.4) is 0 Å². The third kappa shape index (κ3) is 17.7. The Labute approximate surface area is 69.6 Å². The van der Waals surface area contributed by atoms with E-state index in [4.69, 9.17) is 5.73 Å². The van der Waals surface area contributed by atoms with Gasteiger partial charge < -0.3 is 10.6 Å². The first-order chi connectivity index (χ1) is 3.13. The van der Waals surface area contributed by atoms with Gasteiger partial charge in [-0.2, -0.15) is 0 Å². The van der Waals surface area contributed by atoms with Gasteiger partial charge in [0.2, 0.25) is 0 Å². The van der Waals surface area contributed by atoms with Crippen LogP contribution in [0, 0.1) is 0 Å². The number of likely N-dealkylation sites (N-methyl/N-ethyl adjacent to an activating group) is 1. The van der Waals surface area contributed by atoms with Gasteiger partial charge in [-0.3, -0.25) is 0 Å². The lowest BCUT2D eigenvalue weighted by atomic mass is 10.3. The summed E-state index contributed by atoms with van der Waals surface area (Å²) in [4.78, 5) is 2.07. The summed E-state index contributed by atoms with van der Waals surface area (Å²) in [6, 6.07) is 0.301. The highest BCUT2D eigenvalue weighted by molar-refractivity contribution is 5.85. The van der Waals surface area contributed by atoms with Crippen molar-refractivity contribution in [3.05, 3.63) is 0 Å². The van der Waals surface area contributed by atoms with Crippen LogP contribution in [-0.4, -0.2) is 31.6 Å². The molecule has 2 nitrogen and oxygen atoms in total. The third-order valence-corrected chi connectivity index (χ3v) is 0.653. The highest BCUT2D eigenvalue weighted by Gasteiger charge is 1.92. The smallest absolute Gasteiger partial charge is 0.0138 e. The molecule has 9 heavy (non-hydrogen) atoms. The number of nitrogens with two attached hydrogens (primary N) is 1. The topological polar surface area (TPSA) is 29.3 Å². The highest BCUT2D eigenvalue weighted by Crippen LogP contribution is 1.76. The Hall–Kier alpha value is 0.500. The molecule has 0 aromatic heterocycles. The molecular formula is C5H16Cl2N2. The number of halogens is 2. The van der Waals surface area contributed by atoms with Crippen molar-refractivity contribution in [2.24, 2.45) is 5.73 Å². The van der Waals surface area contributed by atoms with E-state index in [1.54, 1.807) is 0 Å². The van der Waals surface area contributed by atoms with Gasteiger partial charge in [0.15, 0.2) is 0 Å². The third-order valence-electron chi connectivity index (χ3n) is 0.653. The van der Waals surface area contributed by atoms with Gasteiger partial charge in [-0.25, -0.2) is 0 Å². The van der Waals surface area contributed by atoms with Crippen LogP contribution in [0.4, 0.5) is 0 Å². The normalized spacial score (nSPS) is 11.7. The molecular weight excluding hydrogens is 159 g/mol. The molecule has 0 rings (SSSR count). The van der Waals surface area contributed by atoms with E-state index in [1.807, 2.05) is 21.0 Å². The average Bonchev–Trinajstić information content (AvgIpc) is 1.27. The van der Waals surface area contributed by atoms with Crippen molar-refractivity contribution >= 4 is 24.8 Å². The summed E-state index contributed by atoms with van der Waals surface area (Å²) >= 11 is 0. The molecule has 0 saturated carbocycles. The zero-order chi connectivity index (χ0) is 5.86. The van der Waals surface area contributed by atoms with Crippen LogP contribution in [0.2, 0.25) is 0 Å². The molecule has 60 valence electrons. The van der Waals surface area contributed by atoms with E-state index in [2.05, 4.69) is 4.90 Å². The van der Waals surface area contributed by atoms with Crippen LogP contribution in [0.15, 0.2) is 0 Å². The molecule has 0 unspecified atom stereocenters. The van der Waals surface area contributed by atoms with E-state index in [1.165, 1.54) is 0 Å². The fraction of sp³-hybridized carbons (Fsp3) is 1.00. The van der Waals surface area contributed by atoms with Crippen molar-refractivity contribution in [1.29, 1.82) is 0 Å². The van der Waals surface area contributed by atoms with Gasteiger partial charge in [-0.1, -0.05) is 0 Å². The van der Waals surface area contributed by atoms with E-state index in [9.17, 15) is 0 Å². The molecule has 1 atom stereocenters. The maximum absolute atomic E-state index is 5.45. The van der Waals surface area contributed by atoms with E-state index < -0.39 is 0 Å². The summed E-state index contributed by atoms with van der Waals surface area (Å²) < 4.78 is 0. The molecule has 0 spiro atoms. The molecule has 2 N–H and O–H groups in total. The summed E-state index contributed by atoms with van der Waals surface area (Å²) in [6.07, 6.45) is 0. The average molecular weight is 175 g/mol. The van der Waals surface area contributed by atoms with Gasteiger partial charge in [0.1, 0.15) is 0 Å². The largest absolute Gasteiger partial charge is 0.327 e. The summed E-state index contributed by atoms with van der Waals surface area (Å²) in [6.45, 7) is 2.97. The Morgan fingerprint density at radius 3 is 1.67 bits per heavy atom. The summed E-state index contributed by atoms with van der Waals surface area (Å²) in [5, 5.41) is 0.